The Hall–Kier alpha value is -9.12. The summed E-state index contributed by atoms with van der Waals surface area (Å²) in [6.07, 6.45) is 74.2. The van der Waals surface area contributed by atoms with Crippen molar-refractivity contribution in [2.24, 2.45) is 128 Å². The highest BCUT2D eigenvalue weighted by Crippen LogP contribution is 2.47. The van der Waals surface area contributed by atoms with E-state index in [1.807, 2.05) is 20.8 Å². The fourth-order valence-corrected chi connectivity index (χ4v) is 8.26. The number of hydrogen-bond acceptors (Lipinski definition) is 26. The van der Waals surface area contributed by atoms with E-state index in [1.54, 1.807) is 36.4 Å². The number of halogens is 8. The van der Waals surface area contributed by atoms with E-state index in [9.17, 15) is 26.3 Å². The predicted octanol–water partition coefficient (Wildman–Crippen LogP) is 17.9. The Bertz CT molecular complexity index is 3400. The van der Waals surface area contributed by atoms with Gasteiger partial charge in [0.2, 0.25) is 22.7 Å². The lowest BCUT2D eigenvalue weighted by Crippen LogP contribution is -2.36. The average Bonchev–Trinajstić information content (AvgIpc) is 1.61. The molecule has 0 aromatic heterocycles. The van der Waals surface area contributed by atoms with E-state index >= 15 is 0 Å². The molecule has 3 N–H and O–H groups in total. The van der Waals surface area contributed by atoms with Crippen molar-refractivity contribution < 1.29 is 31.4 Å². The first-order valence-corrected chi connectivity index (χ1v) is 35.1. The van der Waals surface area contributed by atoms with Crippen molar-refractivity contribution in [3.05, 3.63) is 0 Å². The Kier molecular flexibility index (Phi) is 38.3. The van der Waals surface area contributed by atoms with Gasteiger partial charge in [-0.15, -0.1) is 158 Å². The minimum atomic E-state index is -3.21. The molecule has 0 amide bonds. The highest BCUT2D eigenvalue weighted by Gasteiger charge is 2.62. The second-order valence-electron chi connectivity index (χ2n) is 23.0. The molecule has 0 radical (unpaired) electrons. The molecule has 0 aromatic carbocycles. The van der Waals surface area contributed by atoms with E-state index in [1.165, 1.54) is 17.8 Å². The Balaban J connectivity index is 0.00000111. The fourth-order valence-electron chi connectivity index (χ4n) is 6.95. The SMILES string of the molecule is C.C#CC(F)(F)C1(CC)N=N1.C#CC(F)(F)C1(CC)N=N1.C#CC(F)(F)C1(CI)N=N1.C#CC1(CCC)N=N1.C#CC1(CI)N=N1.C#CC1(CN)N=N1.C#CC1(CO)N=N1.C#CCC1(CC)N=N1.C#CCC1(CC)N=N1.C#CCC1(CC)N=N1.C#CCCC1(CCC)N=N1.C#CCCC1(CCC)N=N1. The Morgan fingerprint density at radius 1 is 0.327 bits per heavy atom. The van der Waals surface area contributed by atoms with Gasteiger partial charge in [-0.05, 0) is 73.5 Å². The Morgan fingerprint density at radius 3 is 0.673 bits per heavy atom. The molecular weight excluding hydrogens is 1570 g/mol. The third-order valence-corrected chi connectivity index (χ3v) is 17.4. The van der Waals surface area contributed by atoms with Crippen LogP contribution in [0.5, 0.6) is 0 Å². The molecule has 0 atom stereocenters. The van der Waals surface area contributed by atoms with Crippen LogP contribution in [0, 0.1) is 148 Å². The molecule has 26 nitrogen and oxygen atoms in total. The maximum atomic E-state index is 12.6. The van der Waals surface area contributed by atoms with Gasteiger partial charge in [0.1, 0.15) is 6.61 Å². The molecule has 0 bridgehead atoms. The third kappa shape index (κ3) is 30.7. The number of aliphatic hydroxyl groups is 1. The van der Waals surface area contributed by atoms with E-state index < -0.39 is 51.7 Å². The Labute approximate surface area is 635 Å². The largest absolute Gasteiger partial charge is 0.391 e. The summed E-state index contributed by atoms with van der Waals surface area (Å²) >= 11 is 3.94. The van der Waals surface area contributed by atoms with Crippen molar-refractivity contribution in [2.45, 2.75) is 264 Å². The maximum absolute atomic E-state index is 12.6. The summed E-state index contributed by atoms with van der Waals surface area (Å²) in [4.78, 5) is 0. The highest BCUT2D eigenvalue weighted by atomic mass is 127. The minimum Gasteiger partial charge on any atom is -0.391 e. The van der Waals surface area contributed by atoms with E-state index in [2.05, 4.69) is 239 Å². The van der Waals surface area contributed by atoms with Gasteiger partial charge in [-0.1, -0.05) is 127 Å². The first kappa shape index (κ1) is 94.9. The van der Waals surface area contributed by atoms with Crippen LogP contribution in [0.3, 0.4) is 0 Å². The van der Waals surface area contributed by atoms with E-state index in [0.717, 1.165) is 87.9 Å². The van der Waals surface area contributed by atoms with Gasteiger partial charge in [-0.3, -0.25) is 0 Å². The summed E-state index contributed by atoms with van der Waals surface area (Å²) in [5.41, 5.74) is -2.35. The lowest BCUT2D eigenvalue weighted by Gasteiger charge is -2.13. The molecule has 34 heteroatoms. The topological polar surface area (TPSA) is 343 Å². The number of terminal acetylenes is 12. The molecule has 0 saturated heterocycles. The fraction of sp³-hybridized carbons (Fsp3) is 0.657. The van der Waals surface area contributed by atoms with Crippen LogP contribution in [-0.4, -0.2) is 113 Å². The molecule has 0 spiro atoms. The van der Waals surface area contributed by atoms with Gasteiger partial charge in [0.15, 0.2) is 11.3 Å². The lowest BCUT2D eigenvalue weighted by molar-refractivity contribution is 0.0145. The van der Waals surface area contributed by atoms with Crippen LogP contribution in [0.4, 0.5) is 26.3 Å². The van der Waals surface area contributed by atoms with Crippen LogP contribution in [0.15, 0.2) is 123 Å². The minimum absolute atomic E-state index is 0. The number of alkyl halides is 8. The number of aliphatic hydroxyl groups excluding tert-OH is 1. The number of nitrogens with two attached hydrogens (primary N) is 1. The molecule has 12 rings (SSSR count). The summed E-state index contributed by atoms with van der Waals surface area (Å²) in [6.45, 7) is 15.8. The van der Waals surface area contributed by atoms with E-state index in [-0.39, 0.29) is 65.3 Å². The van der Waals surface area contributed by atoms with Crippen molar-refractivity contribution in [3.8, 4) is 148 Å². The molecule has 12 aliphatic rings. The van der Waals surface area contributed by atoms with Crippen molar-refractivity contribution in [3.63, 3.8) is 0 Å². The summed E-state index contributed by atoms with van der Waals surface area (Å²) in [7, 11) is 0. The molecule has 554 valence electrons. The molecule has 0 saturated carbocycles. The van der Waals surface area contributed by atoms with Crippen molar-refractivity contribution in [2.75, 3.05) is 22.0 Å². The number of hydrogen-bond donors (Lipinski definition) is 2. The van der Waals surface area contributed by atoms with Gasteiger partial charge in [-0.25, -0.2) is 0 Å². The molecule has 12 heterocycles. The van der Waals surface area contributed by atoms with Crippen LogP contribution in [-0.2, 0) is 0 Å². The van der Waals surface area contributed by atoms with Crippen molar-refractivity contribution >= 4 is 45.2 Å². The van der Waals surface area contributed by atoms with Gasteiger partial charge in [0.25, 0.3) is 34.0 Å². The molecule has 0 unspecified atom stereocenters. The van der Waals surface area contributed by atoms with Gasteiger partial charge < -0.3 is 10.8 Å². The van der Waals surface area contributed by atoms with Gasteiger partial charge >= 0.3 is 17.8 Å². The monoisotopic (exact) mass is 1660 g/mol. The van der Waals surface area contributed by atoms with Crippen molar-refractivity contribution in [1.82, 2.24) is 0 Å². The molecular formula is C70H87F6I2N25O. The number of rotatable bonds is 25. The quantitative estimate of drug-likeness (QED) is 0.0390. The van der Waals surface area contributed by atoms with Crippen LogP contribution >= 0.6 is 45.2 Å². The molecule has 0 aromatic rings. The smallest absolute Gasteiger partial charge is 0.356 e. The van der Waals surface area contributed by atoms with Gasteiger partial charge in [0.05, 0.1) is 34.7 Å². The zero-order valence-corrected chi connectivity index (χ0v) is 63.1. The summed E-state index contributed by atoms with van der Waals surface area (Å²) in [5.74, 6) is 16.8. The molecule has 12 aliphatic heterocycles. The van der Waals surface area contributed by atoms with Gasteiger partial charge in [0, 0.05) is 44.9 Å². The third-order valence-electron chi connectivity index (χ3n) is 15.2. The molecule has 0 aliphatic carbocycles. The molecule has 104 heavy (non-hydrogen) atoms. The summed E-state index contributed by atoms with van der Waals surface area (Å²) < 4.78 is 76.3. The van der Waals surface area contributed by atoms with E-state index in [0.29, 0.717) is 25.8 Å². The first-order chi connectivity index (χ1) is 48.7. The second kappa shape index (κ2) is 42.0. The van der Waals surface area contributed by atoms with Gasteiger partial charge in [-0.2, -0.15) is 97.9 Å². The Morgan fingerprint density at radius 2 is 0.596 bits per heavy atom. The summed E-state index contributed by atoms with van der Waals surface area (Å²) in [6, 6.07) is 0. The van der Waals surface area contributed by atoms with Crippen LogP contribution in [0.25, 0.3) is 0 Å². The second-order valence-corrected chi connectivity index (χ2v) is 24.5. The average molecular weight is 1660 g/mol. The van der Waals surface area contributed by atoms with Crippen LogP contribution < -0.4 is 5.73 Å². The van der Waals surface area contributed by atoms with Crippen LogP contribution in [0.1, 0.15) is 178 Å². The van der Waals surface area contributed by atoms with Crippen molar-refractivity contribution in [1.29, 1.82) is 0 Å². The highest BCUT2D eigenvalue weighted by molar-refractivity contribution is 14.1. The molecule has 0 fully saturated rings. The maximum Gasteiger partial charge on any atom is 0.356 e. The van der Waals surface area contributed by atoms with Crippen LogP contribution in [0.2, 0.25) is 0 Å². The lowest BCUT2D eigenvalue weighted by atomic mass is 10.0. The normalized spacial score (nSPS) is 19.8. The zero-order chi connectivity index (χ0) is 78.5. The number of nitrogens with zero attached hydrogens (tertiary/aromatic N) is 24. The zero-order valence-electron chi connectivity index (χ0n) is 58.8. The standard InChI is InChI=1S/2C8H12N2.2C6H6F2N2.4C6H8N2.C5H3F2IN2.C4H3IN2.C4H5N3.C4H4N2O.CH4/c2*1-3-5-7-8(6-4-2)9-10-8;2*1-3-5(7,8)6(4-2)9-10-6;4*1-3-5-6(4-2)7-8-6;1-2-4(6,7)5(3-8)9-10-5;2*1-2-4(3-5)6-7-4;1-2-4(3-7)5-6-4;/h2*1H,4-7H2,2H3;2*1H,4H2,2H3;2H,3,5H2,1H3;3*1H,4-5H2,2H3;1H,3H2;1H,3H2;1H,3,5H2;1,7H,3H2;1H4. The first-order valence-electron chi connectivity index (χ1n) is 32.1. The summed E-state index contributed by atoms with van der Waals surface area (Å²) in [5, 5.41) is 95.2. The van der Waals surface area contributed by atoms with E-state index in [4.69, 9.17) is 68.7 Å². The predicted molar refractivity (Wildman–Crippen MR) is 401 cm³/mol.